The van der Waals surface area contributed by atoms with Crippen LogP contribution in [0.3, 0.4) is 0 Å². The number of carbonyl (C=O) groups is 1. The van der Waals surface area contributed by atoms with Crippen LogP contribution >= 0.6 is 0 Å². The number of nitrogens with two attached hydrogens (primary N) is 2. The van der Waals surface area contributed by atoms with E-state index in [0.717, 1.165) is 0 Å². The van der Waals surface area contributed by atoms with Gasteiger partial charge in [-0.25, -0.2) is 0 Å². The lowest BCUT2D eigenvalue weighted by atomic mass is 10.2. The van der Waals surface area contributed by atoms with Gasteiger partial charge in [-0.15, -0.1) is 0 Å². The molecular formula is C9H14N2O. The normalized spacial score (nSPS) is 8.17. The molecule has 0 saturated heterocycles. The third-order valence-corrected chi connectivity index (χ3v) is 1.23. The van der Waals surface area contributed by atoms with Gasteiger partial charge >= 0.3 is 0 Å². The van der Waals surface area contributed by atoms with Gasteiger partial charge in [-0.05, 0) is 12.1 Å². The molecular weight excluding hydrogens is 152 g/mol. The Morgan fingerprint density at radius 3 is 2.08 bits per heavy atom. The first-order chi connectivity index (χ1) is 5.72. The van der Waals surface area contributed by atoms with Crippen molar-refractivity contribution >= 4 is 11.6 Å². The van der Waals surface area contributed by atoms with Crippen LogP contribution in [0.4, 0.5) is 5.69 Å². The molecule has 1 aromatic rings. The highest BCUT2D eigenvalue weighted by atomic mass is 16.1. The third-order valence-electron chi connectivity index (χ3n) is 1.23. The van der Waals surface area contributed by atoms with Crippen molar-refractivity contribution in [1.82, 2.24) is 0 Å². The third kappa shape index (κ3) is 2.62. The average molecular weight is 166 g/mol. The zero-order valence-electron chi connectivity index (χ0n) is 7.37. The van der Waals surface area contributed by atoms with Crippen LogP contribution in [0.1, 0.15) is 24.2 Å². The van der Waals surface area contributed by atoms with E-state index < -0.39 is 5.91 Å². The fraction of sp³-hybridized carbons (Fsp3) is 0.222. The molecule has 0 aliphatic carbocycles. The van der Waals surface area contributed by atoms with Crippen molar-refractivity contribution in [2.24, 2.45) is 5.73 Å². The molecule has 0 heterocycles. The molecule has 1 rings (SSSR count). The maximum Gasteiger partial charge on any atom is 0.250 e. The van der Waals surface area contributed by atoms with Gasteiger partial charge in [-0.1, -0.05) is 26.0 Å². The lowest BCUT2D eigenvalue weighted by Gasteiger charge is -1.97. The number of anilines is 1. The number of primary amides is 1. The van der Waals surface area contributed by atoms with Crippen LogP contribution in [0.15, 0.2) is 24.3 Å². The summed E-state index contributed by atoms with van der Waals surface area (Å²) in [5.74, 6) is -0.488. The monoisotopic (exact) mass is 166 g/mol. The Kier molecular flexibility index (Phi) is 4.53. The molecule has 1 amide bonds. The molecule has 1 aromatic carbocycles. The maximum absolute atomic E-state index is 10.6. The van der Waals surface area contributed by atoms with Crippen molar-refractivity contribution in [3.63, 3.8) is 0 Å². The Bertz CT molecular complexity index is 258. The second kappa shape index (κ2) is 5.18. The number of carbonyl (C=O) groups excluding carboxylic acids is 1. The predicted octanol–water partition coefficient (Wildman–Crippen LogP) is 1.39. The minimum Gasteiger partial charge on any atom is -0.398 e. The van der Waals surface area contributed by atoms with Gasteiger partial charge in [0.25, 0.3) is 5.91 Å². The first-order valence-electron chi connectivity index (χ1n) is 3.86. The Morgan fingerprint density at radius 1 is 1.25 bits per heavy atom. The number of amides is 1. The van der Waals surface area contributed by atoms with Gasteiger partial charge in [-0.3, -0.25) is 4.79 Å². The molecule has 66 valence electrons. The van der Waals surface area contributed by atoms with Crippen LogP contribution in [0.2, 0.25) is 0 Å². The quantitative estimate of drug-likeness (QED) is 0.619. The highest BCUT2D eigenvalue weighted by molar-refractivity contribution is 5.97. The smallest absolute Gasteiger partial charge is 0.250 e. The van der Waals surface area contributed by atoms with E-state index in [1.807, 2.05) is 13.8 Å². The van der Waals surface area contributed by atoms with Crippen LogP contribution in [-0.2, 0) is 0 Å². The van der Waals surface area contributed by atoms with Gasteiger partial charge in [0.05, 0.1) is 5.56 Å². The van der Waals surface area contributed by atoms with Crippen molar-refractivity contribution in [3.05, 3.63) is 29.8 Å². The van der Waals surface area contributed by atoms with E-state index in [2.05, 4.69) is 0 Å². The first kappa shape index (κ1) is 10.5. The number of hydrogen-bond donors (Lipinski definition) is 2. The second-order valence-electron chi connectivity index (χ2n) is 1.95. The van der Waals surface area contributed by atoms with Gasteiger partial charge in [-0.2, -0.15) is 0 Å². The Morgan fingerprint density at radius 2 is 1.75 bits per heavy atom. The van der Waals surface area contributed by atoms with E-state index in [4.69, 9.17) is 11.5 Å². The summed E-state index contributed by atoms with van der Waals surface area (Å²) < 4.78 is 0. The first-order valence-corrected chi connectivity index (χ1v) is 3.86. The molecule has 4 N–H and O–H groups in total. The molecule has 0 aliphatic rings. The molecule has 0 saturated carbocycles. The van der Waals surface area contributed by atoms with Gasteiger partial charge in [0.15, 0.2) is 0 Å². The van der Waals surface area contributed by atoms with Crippen molar-refractivity contribution in [1.29, 1.82) is 0 Å². The van der Waals surface area contributed by atoms with Gasteiger partial charge in [0.2, 0.25) is 0 Å². The summed E-state index contributed by atoms with van der Waals surface area (Å²) in [6.45, 7) is 4.00. The molecule has 0 unspecified atom stereocenters. The number of hydrogen-bond acceptors (Lipinski definition) is 2. The molecule has 0 radical (unpaired) electrons. The summed E-state index contributed by atoms with van der Waals surface area (Å²) >= 11 is 0. The standard InChI is InChI=1S/C7H8N2O.C2H6/c8-6-4-2-1-3-5(6)7(9)10;1-2/h1-4H,8H2,(H2,9,10);1-2H3. The maximum atomic E-state index is 10.6. The molecule has 3 heteroatoms. The molecule has 3 nitrogen and oxygen atoms in total. The van der Waals surface area contributed by atoms with E-state index >= 15 is 0 Å². The molecule has 12 heavy (non-hydrogen) atoms. The summed E-state index contributed by atoms with van der Waals surface area (Å²) in [6.07, 6.45) is 0. The largest absolute Gasteiger partial charge is 0.398 e. The molecule has 0 bridgehead atoms. The van der Waals surface area contributed by atoms with E-state index in [1.165, 1.54) is 0 Å². The SMILES string of the molecule is CC.NC(=O)c1ccccc1N. The highest BCUT2D eigenvalue weighted by Gasteiger charge is 2.01. The lowest BCUT2D eigenvalue weighted by molar-refractivity contribution is 0.100. The Labute approximate surface area is 72.4 Å². The van der Waals surface area contributed by atoms with Gasteiger partial charge in [0, 0.05) is 5.69 Å². The fourth-order valence-corrected chi connectivity index (χ4v) is 0.721. The van der Waals surface area contributed by atoms with E-state index in [-0.39, 0.29) is 0 Å². The molecule has 0 aromatic heterocycles. The second-order valence-corrected chi connectivity index (χ2v) is 1.95. The van der Waals surface area contributed by atoms with E-state index in [1.54, 1.807) is 24.3 Å². The zero-order chi connectivity index (χ0) is 9.56. The minimum atomic E-state index is -0.488. The summed E-state index contributed by atoms with van der Waals surface area (Å²) in [6, 6.07) is 6.70. The van der Waals surface area contributed by atoms with Crippen LogP contribution < -0.4 is 11.5 Å². The van der Waals surface area contributed by atoms with Crippen molar-refractivity contribution in [2.45, 2.75) is 13.8 Å². The fourth-order valence-electron chi connectivity index (χ4n) is 0.721. The Balaban J connectivity index is 0.000000561. The lowest BCUT2D eigenvalue weighted by Crippen LogP contribution is -2.12. The predicted molar refractivity (Wildman–Crippen MR) is 50.7 cm³/mol. The van der Waals surface area contributed by atoms with Gasteiger partial charge in [0.1, 0.15) is 0 Å². The Hall–Kier alpha value is -1.51. The number of nitrogen functional groups attached to an aromatic ring is 1. The molecule has 0 aliphatic heterocycles. The topological polar surface area (TPSA) is 69.1 Å². The number of benzene rings is 1. The summed E-state index contributed by atoms with van der Waals surface area (Å²) in [4.78, 5) is 10.6. The van der Waals surface area contributed by atoms with Crippen molar-refractivity contribution in [3.8, 4) is 0 Å². The van der Waals surface area contributed by atoms with Crippen LogP contribution in [0.25, 0.3) is 0 Å². The molecule has 0 spiro atoms. The zero-order valence-corrected chi connectivity index (χ0v) is 7.37. The van der Waals surface area contributed by atoms with Crippen LogP contribution in [0.5, 0.6) is 0 Å². The van der Waals surface area contributed by atoms with E-state index in [0.29, 0.717) is 11.3 Å². The summed E-state index contributed by atoms with van der Waals surface area (Å²) in [5.41, 5.74) is 11.2. The highest BCUT2D eigenvalue weighted by Crippen LogP contribution is 2.08. The van der Waals surface area contributed by atoms with Gasteiger partial charge < -0.3 is 11.5 Å². The molecule has 0 atom stereocenters. The number of rotatable bonds is 1. The van der Waals surface area contributed by atoms with Crippen LogP contribution in [-0.4, -0.2) is 5.91 Å². The van der Waals surface area contributed by atoms with Crippen molar-refractivity contribution < 1.29 is 4.79 Å². The van der Waals surface area contributed by atoms with E-state index in [9.17, 15) is 4.79 Å². The average Bonchev–Trinajstić information content (AvgIpc) is 2.08. The van der Waals surface area contributed by atoms with Crippen molar-refractivity contribution in [2.75, 3.05) is 5.73 Å². The van der Waals surface area contributed by atoms with Crippen LogP contribution in [0, 0.1) is 0 Å². The minimum absolute atomic E-state index is 0.377. The summed E-state index contributed by atoms with van der Waals surface area (Å²) in [5, 5.41) is 0. The summed E-state index contributed by atoms with van der Waals surface area (Å²) in [7, 11) is 0. The molecule has 0 fully saturated rings. The number of para-hydroxylation sites is 1.